The van der Waals surface area contributed by atoms with Crippen LogP contribution in [0.4, 0.5) is 0 Å². The summed E-state index contributed by atoms with van der Waals surface area (Å²) in [6.07, 6.45) is 0.997. The lowest BCUT2D eigenvalue weighted by Gasteiger charge is -2.10. The second kappa shape index (κ2) is 5.91. The van der Waals surface area contributed by atoms with E-state index in [1.54, 1.807) is 7.11 Å². The molecule has 1 aromatic rings. The predicted molar refractivity (Wildman–Crippen MR) is 61.6 cm³/mol. The Kier molecular flexibility index (Phi) is 4.80. The molecule has 1 aromatic carbocycles. The van der Waals surface area contributed by atoms with Gasteiger partial charge >= 0.3 is 0 Å². The van der Waals surface area contributed by atoms with Gasteiger partial charge in [0.1, 0.15) is 0 Å². The minimum atomic E-state index is 0.713. The van der Waals surface area contributed by atoms with Crippen molar-refractivity contribution in [3.8, 4) is 11.5 Å². The van der Waals surface area contributed by atoms with Crippen LogP contribution >= 0.6 is 15.9 Å². The van der Waals surface area contributed by atoms with Gasteiger partial charge in [-0.2, -0.15) is 0 Å². The summed E-state index contributed by atoms with van der Waals surface area (Å²) in [5, 5.41) is 0.959. The van der Waals surface area contributed by atoms with Crippen molar-refractivity contribution in [1.82, 2.24) is 0 Å². The van der Waals surface area contributed by atoms with Gasteiger partial charge < -0.3 is 9.47 Å². The van der Waals surface area contributed by atoms with Crippen molar-refractivity contribution in [2.45, 2.75) is 13.3 Å². The molecule has 0 aliphatic carbocycles. The molecule has 2 nitrogen and oxygen atoms in total. The highest BCUT2D eigenvalue weighted by atomic mass is 79.9. The standard InChI is InChI=1S/C11H15BrO2/c1-9-4-5-10(13-2)11(8-9)14-7-3-6-12/h4-5,8H,3,6-7H2,1-2H3. The maximum absolute atomic E-state index is 5.59. The van der Waals surface area contributed by atoms with Gasteiger partial charge in [-0.3, -0.25) is 0 Å². The third-order valence-corrected chi connectivity index (χ3v) is 2.42. The number of methoxy groups -OCH3 is 1. The first kappa shape index (κ1) is 11.4. The van der Waals surface area contributed by atoms with E-state index < -0.39 is 0 Å². The van der Waals surface area contributed by atoms with Crippen LogP contribution in [0.2, 0.25) is 0 Å². The molecule has 0 saturated heterocycles. The molecular formula is C11H15BrO2. The Bertz CT molecular complexity index is 287. The molecule has 14 heavy (non-hydrogen) atoms. The SMILES string of the molecule is COc1ccc(C)cc1OCCCBr. The highest BCUT2D eigenvalue weighted by molar-refractivity contribution is 9.09. The Balaban J connectivity index is 2.67. The summed E-state index contributed by atoms with van der Waals surface area (Å²) in [4.78, 5) is 0. The molecule has 0 aliphatic rings. The zero-order valence-electron chi connectivity index (χ0n) is 8.55. The Labute approximate surface area is 93.4 Å². The molecule has 3 heteroatoms. The van der Waals surface area contributed by atoms with Crippen LogP contribution < -0.4 is 9.47 Å². The van der Waals surface area contributed by atoms with Crippen molar-refractivity contribution < 1.29 is 9.47 Å². The van der Waals surface area contributed by atoms with Crippen molar-refractivity contribution >= 4 is 15.9 Å². The molecule has 0 fully saturated rings. The van der Waals surface area contributed by atoms with Gasteiger partial charge in [-0.1, -0.05) is 22.0 Å². The molecule has 0 radical (unpaired) electrons. The number of hydrogen-bond acceptors (Lipinski definition) is 2. The van der Waals surface area contributed by atoms with Gasteiger partial charge in [0, 0.05) is 5.33 Å². The predicted octanol–water partition coefficient (Wildman–Crippen LogP) is 3.17. The van der Waals surface area contributed by atoms with Crippen LogP contribution in [0.15, 0.2) is 18.2 Å². The quantitative estimate of drug-likeness (QED) is 0.597. The normalized spacial score (nSPS) is 9.93. The van der Waals surface area contributed by atoms with E-state index in [9.17, 15) is 0 Å². The van der Waals surface area contributed by atoms with Crippen LogP contribution in [0.25, 0.3) is 0 Å². The van der Waals surface area contributed by atoms with Crippen molar-refractivity contribution in [3.63, 3.8) is 0 Å². The number of benzene rings is 1. The summed E-state index contributed by atoms with van der Waals surface area (Å²) in [6.45, 7) is 2.75. The third kappa shape index (κ3) is 3.22. The number of hydrogen-bond donors (Lipinski definition) is 0. The van der Waals surface area contributed by atoms with Crippen LogP contribution in [0.5, 0.6) is 11.5 Å². The minimum absolute atomic E-state index is 0.713. The molecule has 0 aromatic heterocycles. The van der Waals surface area contributed by atoms with Crippen molar-refractivity contribution in [2.24, 2.45) is 0 Å². The Morgan fingerprint density at radius 3 is 2.71 bits per heavy atom. The number of rotatable bonds is 5. The lowest BCUT2D eigenvalue weighted by molar-refractivity contribution is 0.295. The van der Waals surface area contributed by atoms with Crippen LogP contribution in [-0.2, 0) is 0 Å². The van der Waals surface area contributed by atoms with Crippen molar-refractivity contribution in [1.29, 1.82) is 0 Å². The summed E-state index contributed by atoms with van der Waals surface area (Å²) in [7, 11) is 1.65. The molecule has 1 rings (SSSR count). The minimum Gasteiger partial charge on any atom is -0.493 e. The Morgan fingerprint density at radius 2 is 2.07 bits per heavy atom. The lowest BCUT2D eigenvalue weighted by Crippen LogP contribution is -1.99. The van der Waals surface area contributed by atoms with Crippen molar-refractivity contribution in [2.75, 3.05) is 19.0 Å². The Morgan fingerprint density at radius 1 is 1.29 bits per heavy atom. The summed E-state index contributed by atoms with van der Waals surface area (Å²) < 4.78 is 10.8. The largest absolute Gasteiger partial charge is 0.493 e. The van der Waals surface area contributed by atoms with Crippen LogP contribution in [0.3, 0.4) is 0 Å². The Hall–Kier alpha value is -0.700. The molecular weight excluding hydrogens is 244 g/mol. The highest BCUT2D eigenvalue weighted by Crippen LogP contribution is 2.27. The van der Waals surface area contributed by atoms with E-state index in [0.717, 1.165) is 23.2 Å². The van der Waals surface area contributed by atoms with Gasteiger partial charge in [0.05, 0.1) is 13.7 Å². The van der Waals surface area contributed by atoms with Crippen LogP contribution in [0.1, 0.15) is 12.0 Å². The van der Waals surface area contributed by atoms with Crippen LogP contribution in [0, 0.1) is 6.92 Å². The summed E-state index contributed by atoms with van der Waals surface area (Å²) in [5.74, 6) is 1.62. The maximum Gasteiger partial charge on any atom is 0.161 e. The van der Waals surface area contributed by atoms with Crippen LogP contribution in [-0.4, -0.2) is 19.0 Å². The van der Waals surface area contributed by atoms with E-state index in [1.807, 2.05) is 25.1 Å². The number of aryl methyl sites for hydroxylation is 1. The van der Waals surface area contributed by atoms with Gasteiger partial charge in [-0.15, -0.1) is 0 Å². The second-order valence-corrected chi connectivity index (χ2v) is 3.84. The van der Waals surface area contributed by atoms with Gasteiger partial charge in [0.2, 0.25) is 0 Å². The smallest absolute Gasteiger partial charge is 0.161 e. The number of alkyl halides is 1. The fraction of sp³-hybridized carbons (Fsp3) is 0.455. The van der Waals surface area contributed by atoms with Crippen molar-refractivity contribution in [3.05, 3.63) is 23.8 Å². The number of ether oxygens (including phenoxy) is 2. The van der Waals surface area contributed by atoms with Gasteiger partial charge in [-0.05, 0) is 31.0 Å². The first-order valence-electron chi connectivity index (χ1n) is 4.61. The van der Waals surface area contributed by atoms with Gasteiger partial charge in [0.15, 0.2) is 11.5 Å². The molecule has 0 aliphatic heterocycles. The molecule has 0 N–H and O–H groups in total. The van der Waals surface area contributed by atoms with E-state index in [1.165, 1.54) is 5.56 Å². The molecule has 0 unspecified atom stereocenters. The zero-order valence-corrected chi connectivity index (χ0v) is 10.1. The summed E-state index contributed by atoms with van der Waals surface area (Å²) >= 11 is 3.36. The fourth-order valence-electron chi connectivity index (χ4n) is 1.13. The molecule has 0 amide bonds. The molecule has 0 heterocycles. The topological polar surface area (TPSA) is 18.5 Å². The third-order valence-electron chi connectivity index (χ3n) is 1.85. The lowest BCUT2D eigenvalue weighted by atomic mass is 10.2. The molecule has 0 atom stereocenters. The monoisotopic (exact) mass is 258 g/mol. The highest BCUT2D eigenvalue weighted by Gasteiger charge is 2.03. The number of halogens is 1. The average molecular weight is 259 g/mol. The fourth-order valence-corrected chi connectivity index (χ4v) is 1.36. The molecule has 0 bridgehead atoms. The van der Waals surface area contributed by atoms with E-state index in [2.05, 4.69) is 15.9 Å². The summed E-state index contributed by atoms with van der Waals surface area (Å²) in [6, 6.07) is 5.93. The first-order valence-corrected chi connectivity index (χ1v) is 5.73. The first-order chi connectivity index (χ1) is 6.77. The van der Waals surface area contributed by atoms with Gasteiger partial charge in [0.25, 0.3) is 0 Å². The second-order valence-electron chi connectivity index (χ2n) is 3.05. The molecule has 0 spiro atoms. The average Bonchev–Trinajstić information content (AvgIpc) is 2.19. The summed E-state index contributed by atoms with van der Waals surface area (Å²) in [5.41, 5.74) is 1.18. The van der Waals surface area contributed by atoms with Gasteiger partial charge in [-0.25, -0.2) is 0 Å². The van der Waals surface area contributed by atoms with E-state index in [0.29, 0.717) is 6.61 Å². The molecule has 78 valence electrons. The molecule has 0 saturated carbocycles. The van der Waals surface area contributed by atoms with E-state index in [-0.39, 0.29) is 0 Å². The maximum atomic E-state index is 5.59. The van der Waals surface area contributed by atoms with E-state index >= 15 is 0 Å². The zero-order chi connectivity index (χ0) is 10.4. The van der Waals surface area contributed by atoms with E-state index in [4.69, 9.17) is 9.47 Å².